The van der Waals surface area contributed by atoms with Crippen LogP contribution in [0.25, 0.3) is 0 Å². The van der Waals surface area contributed by atoms with Crippen molar-refractivity contribution in [2.45, 2.75) is 20.0 Å². The van der Waals surface area contributed by atoms with Crippen LogP contribution in [0, 0.1) is 5.41 Å². The Morgan fingerprint density at radius 1 is 1.30 bits per heavy atom. The number of carboxylic acid groups (broad SMARTS) is 1. The molecule has 1 amide bonds. The standard InChI is InChI=1S/C16H19N7O3S/c1-9(2)26-10-4-5-11(20-8-10)12(17)21-15(27)22-13-14(19-7-6-18-13)23(3)16(24)25/h4-9H,1-3H3,(H,24,25)(H3,17,18,21,22,27). The van der Waals surface area contributed by atoms with Crippen molar-refractivity contribution in [1.29, 1.82) is 5.41 Å². The molecule has 0 saturated carbocycles. The van der Waals surface area contributed by atoms with Gasteiger partial charge in [0, 0.05) is 19.4 Å². The van der Waals surface area contributed by atoms with Gasteiger partial charge in [0.1, 0.15) is 11.4 Å². The Kier molecular flexibility index (Phi) is 6.55. The van der Waals surface area contributed by atoms with Gasteiger partial charge in [-0.25, -0.2) is 19.7 Å². The maximum Gasteiger partial charge on any atom is 0.412 e. The molecule has 0 unspecified atom stereocenters. The number of carbonyl (C=O) groups is 1. The molecule has 10 nitrogen and oxygen atoms in total. The van der Waals surface area contributed by atoms with E-state index in [4.69, 9.17) is 27.5 Å². The largest absolute Gasteiger partial charge is 0.489 e. The van der Waals surface area contributed by atoms with Crippen LogP contribution in [0.15, 0.2) is 30.7 Å². The van der Waals surface area contributed by atoms with Gasteiger partial charge in [0.25, 0.3) is 0 Å². The molecule has 0 fully saturated rings. The van der Waals surface area contributed by atoms with Gasteiger partial charge in [0.05, 0.1) is 12.3 Å². The van der Waals surface area contributed by atoms with Crippen LogP contribution < -0.4 is 20.3 Å². The van der Waals surface area contributed by atoms with E-state index < -0.39 is 6.09 Å². The van der Waals surface area contributed by atoms with Crippen molar-refractivity contribution < 1.29 is 14.6 Å². The number of amides is 1. The second kappa shape index (κ2) is 8.85. The number of thiocarbonyl (C=S) groups is 1. The van der Waals surface area contributed by atoms with Crippen LogP contribution in [0.4, 0.5) is 16.4 Å². The van der Waals surface area contributed by atoms with Crippen molar-refractivity contribution in [2.24, 2.45) is 0 Å². The third-order valence-corrected chi connectivity index (χ3v) is 3.32. The van der Waals surface area contributed by atoms with Crippen LogP contribution >= 0.6 is 12.2 Å². The number of hydrogen-bond donors (Lipinski definition) is 4. The van der Waals surface area contributed by atoms with E-state index >= 15 is 0 Å². The molecule has 0 aromatic carbocycles. The molecule has 142 valence electrons. The molecular weight excluding hydrogens is 370 g/mol. The van der Waals surface area contributed by atoms with Crippen LogP contribution in [-0.2, 0) is 0 Å². The van der Waals surface area contributed by atoms with Crippen molar-refractivity contribution in [2.75, 3.05) is 17.3 Å². The van der Waals surface area contributed by atoms with Crippen molar-refractivity contribution in [1.82, 2.24) is 20.3 Å². The lowest BCUT2D eigenvalue weighted by Gasteiger charge is -2.17. The van der Waals surface area contributed by atoms with Gasteiger partial charge < -0.3 is 20.5 Å². The highest BCUT2D eigenvalue weighted by Gasteiger charge is 2.17. The Morgan fingerprint density at radius 2 is 2.00 bits per heavy atom. The number of hydrogen-bond acceptors (Lipinski definition) is 7. The van der Waals surface area contributed by atoms with Crippen molar-refractivity contribution in [3.05, 3.63) is 36.4 Å². The molecular formula is C16H19N7O3S. The van der Waals surface area contributed by atoms with Crippen LogP contribution in [0.3, 0.4) is 0 Å². The Bertz CT molecular complexity index is 842. The fourth-order valence-electron chi connectivity index (χ4n) is 1.94. The van der Waals surface area contributed by atoms with E-state index in [1.54, 1.807) is 12.1 Å². The maximum absolute atomic E-state index is 11.1. The minimum Gasteiger partial charge on any atom is -0.489 e. The quantitative estimate of drug-likeness (QED) is 0.344. The molecule has 0 aliphatic heterocycles. The molecule has 0 radical (unpaired) electrons. The number of ether oxygens (including phenoxy) is 1. The van der Waals surface area contributed by atoms with Crippen LogP contribution in [-0.4, -0.2) is 50.3 Å². The van der Waals surface area contributed by atoms with Crippen LogP contribution in [0.2, 0.25) is 0 Å². The highest BCUT2D eigenvalue weighted by molar-refractivity contribution is 7.80. The molecule has 4 N–H and O–H groups in total. The highest BCUT2D eigenvalue weighted by Crippen LogP contribution is 2.18. The molecule has 0 spiro atoms. The first-order chi connectivity index (χ1) is 12.8. The first-order valence-corrected chi connectivity index (χ1v) is 8.26. The van der Waals surface area contributed by atoms with Crippen molar-refractivity contribution >= 4 is 40.9 Å². The molecule has 0 aliphatic carbocycles. The lowest BCUT2D eigenvalue weighted by atomic mass is 10.3. The predicted octanol–water partition coefficient (Wildman–Crippen LogP) is 2.08. The first kappa shape index (κ1) is 20.0. The fourth-order valence-corrected chi connectivity index (χ4v) is 2.14. The zero-order valence-electron chi connectivity index (χ0n) is 14.9. The van der Waals surface area contributed by atoms with Gasteiger partial charge >= 0.3 is 6.09 Å². The summed E-state index contributed by atoms with van der Waals surface area (Å²) >= 11 is 5.16. The summed E-state index contributed by atoms with van der Waals surface area (Å²) in [5.41, 5.74) is 0.359. The summed E-state index contributed by atoms with van der Waals surface area (Å²) < 4.78 is 5.50. The minimum atomic E-state index is -1.20. The second-order valence-electron chi connectivity index (χ2n) is 5.57. The van der Waals surface area contributed by atoms with Gasteiger partial charge in [-0.3, -0.25) is 10.3 Å². The van der Waals surface area contributed by atoms with Gasteiger partial charge in [-0.05, 0) is 38.2 Å². The second-order valence-corrected chi connectivity index (χ2v) is 5.98. The smallest absolute Gasteiger partial charge is 0.412 e. The van der Waals surface area contributed by atoms with Gasteiger partial charge in [-0.1, -0.05) is 0 Å². The van der Waals surface area contributed by atoms with E-state index in [2.05, 4.69) is 25.6 Å². The number of nitrogens with zero attached hydrogens (tertiary/aromatic N) is 4. The Morgan fingerprint density at radius 3 is 2.59 bits per heavy atom. The molecule has 2 aromatic rings. The van der Waals surface area contributed by atoms with E-state index in [-0.39, 0.29) is 28.7 Å². The summed E-state index contributed by atoms with van der Waals surface area (Å²) in [6.07, 6.45) is 3.10. The van der Waals surface area contributed by atoms with E-state index in [0.29, 0.717) is 11.4 Å². The van der Waals surface area contributed by atoms with E-state index in [0.717, 1.165) is 4.90 Å². The number of aromatic nitrogens is 3. The summed E-state index contributed by atoms with van der Waals surface area (Å²) in [6.45, 7) is 3.81. The lowest BCUT2D eigenvalue weighted by Crippen LogP contribution is -2.36. The molecule has 0 atom stereocenters. The molecule has 2 aromatic heterocycles. The first-order valence-electron chi connectivity index (χ1n) is 7.85. The predicted molar refractivity (Wildman–Crippen MR) is 105 cm³/mol. The summed E-state index contributed by atoms with van der Waals surface area (Å²) in [4.78, 5) is 24.2. The molecule has 27 heavy (non-hydrogen) atoms. The normalized spacial score (nSPS) is 10.2. The molecule has 2 heterocycles. The van der Waals surface area contributed by atoms with Crippen LogP contribution in [0.1, 0.15) is 19.5 Å². The lowest BCUT2D eigenvalue weighted by molar-refractivity contribution is 0.203. The molecule has 0 saturated heterocycles. The minimum absolute atomic E-state index is 0.0251. The number of anilines is 2. The molecule has 2 rings (SSSR count). The summed E-state index contributed by atoms with van der Waals surface area (Å²) in [5.74, 6) is 0.777. The zero-order valence-corrected chi connectivity index (χ0v) is 15.7. The molecule has 11 heteroatoms. The topological polar surface area (TPSA) is 136 Å². The summed E-state index contributed by atoms with van der Waals surface area (Å²) in [5, 5.41) is 22.6. The summed E-state index contributed by atoms with van der Waals surface area (Å²) in [6, 6.07) is 3.33. The number of amidine groups is 1. The Labute approximate surface area is 161 Å². The number of pyridine rings is 1. The van der Waals surface area contributed by atoms with Gasteiger partial charge in [-0.2, -0.15) is 0 Å². The average molecular weight is 389 g/mol. The number of nitrogens with one attached hydrogen (secondary N) is 3. The zero-order chi connectivity index (χ0) is 20.0. The third kappa shape index (κ3) is 5.57. The monoisotopic (exact) mass is 389 g/mol. The molecule has 0 aliphatic rings. The average Bonchev–Trinajstić information content (AvgIpc) is 2.61. The van der Waals surface area contributed by atoms with Crippen LogP contribution in [0.5, 0.6) is 5.75 Å². The molecule has 0 bridgehead atoms. The van der Waals surface area contributed by atoms with E-state index in [9.17, 15) is 4.79 Å². The van der Waals surface area contributed by atoms with E-state index in [1.165, 1.54) is 25.6 Å². The Hall–Kier alpha value is -3.34. The SMILES string of the molecule is CC(C)Oc1ccc(C(=N)NC(=S)Nc2nccnc2N(C)C(=O)O)nc1. The third-order valence-electron chi connectivity index (χ3n) is 3.12. The number of rotatable bonds is 5. The van der Waals surface area contributed by atoms with Crippen molar-refractivity contribution in [3.63, 3.8) is 0 Å². The van der Waals surface area contributed by atoms with Gasteiger partial charge in [0.2, 0.25) is 0 Å². The summed E-state index contributed by atoms with van der Waals surface area (Å²) in [7, 11) is 1.33. The van der Waals surface area contributed by atoms with E-state index in [1.807, 2.05) is 13.8 Å². The highest BCUT2D eigenvalue weighted by atomic mass is 32.1. The van der Waals surface area contributed by atoms with Gasteiger partial charge in [-0.15, -0.1) is 0 Å². The maximum atomic E-state index is 11.1. The Balaban J connectivity index is 2.04. The fraction of sp³-hybridized carbons (Fsp3) is 0.250. The van der Waals surface area contributed by atoms with Gasteiger partial charge in [0.15, 0.2) is 22.6 Å². The van der Waals surface area contributed by atoms with Crippen molar-refractivity contribution in [3.8, 4) is 5.75 Å².